The molecule has 1 aromatic carbocycles. The van der Waals surface area contributed by atoms with Crippen LogP contribution in [0.25, 0.3) is 0 Å². The van der Waals surface area contributed by atoms with Gasteiger partial charge in [-0.1, -0.05) is 30.1 Å². The van der Waals surface area contributed by atoms with Crippen molar-refractivity contribution in [3.05, 3.63) is 27.7 Å². The lowest BCUT2D eigenvalue weighted by atomic mass is 9.92. The molecule has 1 rings (SSSR count). The molecular formula is C12H14Cl2O3. The molecule has 1 atom stereocenters. The quantitative estimate of drug-likeness (QED) is 0.885. The van der Waals surface area contributed by atoms with Gasteiger partial charge in [-0.15, -0.1) is 0 Å². The van der Waals surface area contributed by atoms with Gasteiger partial charge in [0.15, 0.2) is 0 Å². The largest absolute Gasteiger partial charge is 0.495 e. The molecule has 0 spiro atoms. The number of ether oxygens (including phenoxy) is 1. The molecule has 3 nitrogen and oxygen atoms in total. The zero-order valence-electron chi connectivity index (χ0n) is 9.67. The van der Waals surface area contributed by atoms with E-state index in [2.05, 4.69) is 0 Å². The van der Waals surface area contributed by atoms with E-state index in [4.69, 9.17) is 33.0 Å². The monoisotopic (exact) mass is 276 g/mol. The minimum Gasteiger partial charge on any atom is -0.495 e. The first-order valence-electron chi connectivity index (χ1n) is 5.24. The zero-order chi connectivity index (χ0) is 13.0. The Morgan fingerprint density at radius 1 is 1.47 bits per heavy atom. The minimum absolute atomic E-state index is 0.0313. The second-order valence-electron chi connectivity index (χ2n) is 3.71. The number of carbonyl (C=O) groups is 1. The number of methoxy groups -OCH3 is 1. The van der Waals surface area contributed by atoms with Crippen molar-refractivity contribution in [1.29, 1.82) is 0 Å². The highest BCUT2D eigenvalue weighted by molar-refractivity contribution is 6.35. The minimum atomic E-state index is -0.852. The molecule has 0 aliphatic rings. The van der Waals surface area contributed by atoms with Crippen LogP contribution in [0.15, 0.2) is 12.1 Å². The van der Waals surface area contributed by atoms with Gasteiger partial charge >= 0.3 is 5.97 Å². The Hall–Kier alpha value is -0.930. The molecule has 0 aliphatic heterocycles. The number of halogens is 2. The van der Waals surface area contributed by atoms with Gasteiger partial charge in [0.1, 0.15) is 5.75 Å². The van der Waals surface area contributed by atoms with Crippen LogP contribution in [-0.4, -0.2) is 18.2 Å². The number of hydrogen-bond acceptors (Lipinski definition) is 2. The molecule has 0 bridgehead atoms. The summed E-state index contributed by atoms with van der Waals surface area (Å²) in [5.74, 6) is -0.502. The Balaban J connectivity index is 3.21. The molecule has 0 aromatic heterocycles. The third kappa shape index (κ3) is 3.51. The summed E-state index contributed by atoms with van der Waals surface area (Å²) in [6.07, 6.45) is 0.711. The molecule has 0 radical (unpaired) electrons. The lowest BCUT2D eigenvalue weighted by Crippen LogP contribution is -2.07. The lowest BCUT2D eigenvalue weighted by molar-refractivity contribution is -0.137. The van der Waals surface area contributed by atoms with E-state index in [1.807, 2.05) is 6.92 Å². The molecule has 0 amide bonds. The maximum Gasteiger partial charge on any atom is 0.303 e. The number of rotatable bonds is 5. The van der Waals surface area contributed by atoms with Crippen LogP contribution in [0.2, 0.25) is 10.0 Å². The predicted molar refractivity (Wildman–Crippen MR) is 68.3 cm³/mol. The Morgan fingerprint density at radius 2 is 2.12 bits per heavy atom. The average molecular weight is 277 g/mol. The topological polar surface area (TPSA) is 46.5 Å². The van der Waals surface area contributed by atoms with E-state index in [0.29, 0.717) is 22.2 Å². The SMILES string of the molecule is CCC(CC(=O)O)c1cc(Cl)cc(Cl)c1OC. The Bertz CT molecular complexity index is 418. The van der Waals surface area contributed by atoms with Gasteiger partial charge in [-0.05, 0) is 24.5 Å². The normalized spacial score (nSPS) is 12.2. The maximum atomic E-state index is 10.8. The van der Waals surface area contributed by atoms with E-state index < -0.39 is 5.97 Å². The van der Waals surface area contributed by atoms with Gasteiger partial charge in [-0.25, -0.2) is 0 Å². The first-order chi connectivity index (χ1) is 7.99. The molecule has 0 saturated heterocycles. The van der Waals surface area contributed by atoms with E-state index in [9.17, 15) is 4.79 Å². The fraction of sp³-hybridized carbons (Fsp3) is 0.417. The Morgan fingerprint density at radius 3 is 2.59 bits per heavy atom. The van der Waals surface area contributed by atoms with Crippen molar-refractivity contribution in [2.24, 2.45) is 0 Å². The van der Waals surface area contributed by atoms with Crippen molar-refractivity contribution < 1.29 is 14.6 Å². The van der Waals surface area contributed by atoms with Gasteiger partial charge < -0.3 is 9.84 Å². The highest BCUT2D eigenvalue weighted by Gasteiger charge is 2.20. The number of carboxylic acids is 1. The first-order valence-corrected chi connectivity index (χ1v) is 5.99. The van der Waals surface area contributed by atoms with Crippen LogP contribution < -0.4 is 4.74 Å². The molecule has 94 valence electrons. The van der Waals surface area contributed by atoms with Crippen molar-refractivity contribution in [2.75, 3.05) is 7.11 Å². The number of benzene rings is 1. The summed E-state index contributed by atoms with van der Waals surface area (Å²) in [5.41, 5.74) is 0.745. The van der Waals surface area contributed by atoms with Crippen LogP contribution >= 0.6 is 23.2 Å². The Labute approximate surface area is 110 Å². The van der Waals surface area contributed by atoms with Crippen molar-refractivity contribution in [3.8, 4) is 5.75 Å². The summed E-state index contributed by atoms with van der Waals surface area (Å²) >= 11 is 11.9. The highest BCUT2D eigenvalue weighted by Crippen LogP contribution is 2.38. The summed E-state index contributed by atoms with van der Waals surface area (Å²) in [4.78, 5) is 10.8. The van der Waals surface area contributed by atoms with Crippen LogP contribution in [0, 0.1) is 0 Å². The first kappa shape index (κ1) is 14.1. The molecule has 17 heavy (non-hydrogen) atoms. The average Bonchev–Trinajstić information content (AvgIpc) is 2.24. The van der Waals surface area contributed by atoms with E-state index in [1.165, 1.54) is 7.11 Å². The van der Waals surface area contributed by atoms with Gasteiger partial charge in [-0.2, -0.15) is 0 Å². The van der Waals surface area contributed by atoms with Gasteiger partial charge in [-0.3, -0.25) is 4.79 Å². The molecular weight excluding hydrogens is 263 g/mol. The summed E-state index contributed by atoms with van der Waals surface area (Å²) in [6.45, 7) is 1.92. The third-order valence-corrected chi connectivity index (χ3v) is 3.09. The summed E-state index contributed by atoms with van der Waals surface area (Å²) in [6, 6.07) is 3.29. The molecule has 5 heteroatoms. The van der Waals surface area contributed by atoms with Gasteiger partial charge in [0.2, 0.25) is 0 Å². The molecule has 0 fully saturated rings. The van der Waals surface area contributed by atoms with E-state index in [-0.39, 0.29) is 12.3 Å². The Kier molecular flexibility index (Phi) is 5.09. The number of hydrogen-bond donors (Lipinski definition) is 1. The second kappa shape index (κ2) is 6.12. The highest BCUT2D eigenvalue weighted by atomic mass is 35.5. The van der Waals surface area contributed by atoms with E-state index in [0.717, 1.165) is 5.56 Å². The van der Waals surface area contributed by atoms with Crippen LogP contribution in [0.5, 0.6) is 5.75 Å². The number of carboxylic acid groups (broad SMARTS) is 1. The molecule has 0 heterocycles. The van der Waals surface area contributed by atoms with Crippen LogP contribution in [-0.2, 0) is 4.79 Å². The summed E-state index contributed by atoms with van der Waals surface area (Å²) < 4.78 is 5.21. The van der Waals surface area contributed by atoms with Crippen molar-refractivity contribution in [3.63, 3.8) is 0 Å². The smallest absolute Gasteiger partial charge is 0.303 e. The van der Waals surface area contributed by atoms with Crippen molar-refractivity contribution in [1.82, 2.24) is 0 Å². The summed E-state index contributed by atoms with van der Waals surface area (Å²) in [5, 5.41) is 9.75. The molecule has 1 N–H and O–H groups in total. The maximum absolute atomic E-state index is 10.8. The number of aliphatic carboxylic acids is 1. The fourth-order valence-electron chi connectivity index (χ4n) is 1.78. The molecule has 0 saturated carbocycles. The van der Waals surface area contributed by atoms with E-state index >= 15 is 0 Å². The summed E-state index contributed by atoms with van der Waals surface area (Å²) in [7, 11) is 1.51. The fourth-order valence-corrected chi connectivity index (χ4v) is 2.37. The van der Waals surface area contributed by atoms with Crippen LogP contribution in [0.4, 0.5) is 0 Å². The van der Waals surface area contributed by atoms with Gasteiger partial charge in [0.05, 0.1) is 18.6 Å². The zero-order valence-corrected chi connectivity index (χ0v) is 11.2. The lowest BCUT2D eigenvalue weighted by Gasteiger charge is -2.18. The molecule has 0 aliphatic carbocycles. The predicted octanol–water partition coefficient (Wildman–Crippen LogP) is 3.97. The standard InChI is InChI=1S/C12H14Cl2O3/c1-3-7(4-11(15)16)9-5-8(13)6-10(14)12(9)17-2/h5-7H,3-4H2,1-2H3,(H,15,16). The van der Waals surface area contributed by atoms with Crippen LogP contribution in [0.3, 0.4) is 0 Å². The van der Waals surface area contributed by atoms with E-state index in [1.54, 1.807) is 12.1 Å². The van der Waals surface area contributed by atoms with Crippen molar-refractivity contribution in [2.45, 2.75) is 25.7 Å². The van der Waals surface area contributed by atoms with Gasteiger partial charge in [0, 0.05) is 10.6 Å². The van der Waals surface area contributed by atoms with Crippen molar-refractivity contribution >= 4 is 29.2 Å². The van der Waals surface area contributed by atoms with Gasteiger partial charge in [0.25, 0.3) is 0 Å². The molecule has 1 aromatic rings. The second-order valence-corrected chi connectivity index (χ2v) is 4.56. The third-order valence-electron chi connectivity index (χ3n) is 2.59. The van der Waals surface area contributed by atoms with Crippen LogP contribution in [0.1, 0.15) is 31.2 Å². The molecule has 1 unspecified atom stereocenters.